The summed E-state index contributed by atoms with van der Waals surface area (Å²) in [4.78, 5) is 31.9. The molecule has 132 valence electrons. The molecule has 0 radical (unpaired) electrons. The van der Waals surface area contributed by atoms with E-state index in [1.807, 2.05) is 6.07 Å². The number of hydrogen-bond acceptors (Lipinski definition) is 3. The molecule has 0 spiro atoms. The normalized spacial score (nSPS) is 14.6. The van der Waals surface area contributed by atoms with Crippen LogP contribution in [0.25, 0.3) is 0 Å². The van der Waals surface area contributed by atoms with E-state index in [-0.39, 0.29) is 17.6 Å². The standard InChI is InChI=1S/C19H23N3O3/c1-2-4-17-16(7-8-20-17)19(25)22-11-9-21(10-12-22)18(24)14-5-3-6-15(23)13-14/h3,5-8,13,20,23H,2,4,9-12H2,1H3. The van der Waals surface area contributed by atoms with Crippen molar-refractivity contribution in [2.24, 2.45) is 0 Å². The zero-order valence-electron chi connectivity index (χ0n) is 14.4. The molecule has 0 saturated carbocycles. The van der Waals surface area contributed by atoms with Crippen molar-refractivity contribution in [3.8, 4) is 5.75 Å². The number of phenolic OH excluding ortho intramolecular Hbond substituents is 1. The van der Waals surface area contributed by atoms with Gasteiger partial charge in [0, 0.05) is 43.6 Å². The van der Waals surface area contributed by atoms with Gasteiger partial charge in [-0.25, -0.2) is 0 Å². The molecule has 6 nitrogen and oxygen atoms in total. The third kappa shape index (κ3) is 3.68. The molecular weight excluding hydrogens is 318 g/mol. The van der Waals surface area contributed by atoms with Crippen molar-refractivity contribution in [2.75, 3.05) is 26.2 Å². The Morgan fingerprint density at radius 3 is 2.40 bits per heavy atom. The maximum absolute atomic E-state index is 12.7. The summed E-state index contributed by atoms with van der Waals surface area (Å²) in [5.74, 6) is -0.0129. The highest BCUT2D eigenvalue weighted by Gasteiger charge is 2.26. The number of piperazine rings is 1. The number of rotatable bonds is 4. The van der Waals surface area contributed by atoms with Gasteiger partial charge >= 0.3 is 0 Å². The lowest BCUT2D eigenvalue weighted by Crippen LogP contribution is -2.50. The molecule has 0 bridgehead atoms. The Morgan fingerprint density at radius 2 is 1.76 bits per heavy atom. The minimum atomic E-state index is -0.115. The summed E-state index contributed by atoms with van der Waals surface area (Å²) in [6, 6.07) is 8.19. The summed E-state index contributed by atoms with van der Waals surface area (Å²) in [7, 11) is 0. The number of carbonyl (C=O) groups excluding carboxylic acids is 2. The first-order valence-corrected chi connectivity index (χ1v) is 8.64. The van der Waals surface area contributed by atoms with Crippen LogP contribution < -0.4 is 0 Å². The number of nitrogens with one attached hydrogen (secondary N) is 1. The predicted molar refractivity (Wildman–Crippen MR) is 94.7 cm³/mol. The second-order valence-electron chi connectivity index (χ2n) is 6.25. The summed E-state index contributed by atoms with van der Waals surface area (Å²) in [5.41, 5.74) is 2.18. The summed E-state index contributed by atoms with van der Waals surface area (Å²) in [6.07, 6.45) is 3.64. The first-order chi connectivity index (χ1) is 12.1. The molecule has 2 N–H and O–H groups in total. The molecule has 2 aromatic rings. The van der Waals surface area contributed by atoms with Gasteiger partial charge < -0.3 is 19.9 Å². The molecule has 1 aliphatic heterocycles. The minimum Gasteiger partial charge on any atom is -0.508 e. The van der Waals surface area contributed by atoms with Gasteiger partial charge in [-0.1, -0.05) is 19.4 Å². The molecule has 1 aromatic carbocycles. The van der Waals surface area contributed by atoms with Crippen molar-refractivity contribution in [1.29, 1.82) is 0 Å². The van der Waals surface area contributed by atoms with E-state index in [1.54, 1.807) is 28.1 Å². The van der Waals surface area contributed by atoms with Gasteiger partial charge in [0.25, 0.3) is 11.8 Å². The molecule has 3 rings (SSSR count). The molecule has 6 heteroatoms. The third-order valence-corrected chi connectivity index (χ3v) is 4.51. The first-order valence-electron chi connectivity index (χ1n) is 8.64. The predicted octanol–water partition coefficient (Wildman–Crippen LogP) is 2.27. The Labute approximate surface area is 147 Å². The number of amides is 2. The van der Waals surface area contributed by atoms with Crippen LogP contribution in [0.3, 0.4) is 0 Å². The monoisotopic (exact) mass is 341 g/mol. The summed E-state index contributed by atoms with van der Waals surface area (Å²) < 4.78 is 0. The fourth-order valence-electron chi connectivity index (χ4n) is 3.17. The van der Waals surface area contributed by atoms with Gasteiger partial charge in [-0.2, -0.15) is 0 Å². The number of hydrogen-bond donors (Lipinski definition) is 2. The van der Waals surface area contributed by atoms with E-state index < -0.39 is 0 Å². The van der Waals surface area contributed by atoms with Crippen LogP contribution in [0.1, 0.15) is 39.8 Å². The fourth-order valence-corrected chi connectivity index (χ4v) is 3.17. The van der Waals surface area contributed by atoms with Crippen molar-refractivity contribution < 1.29 is 14.7 Å². The first kappa shape index (κ1) is 17.1. The highest BCUT2D eigenvalue weighted by atomic mass is 16.3. The molecular formula is C19H23N3O3. The van der Waals surface area contributed by atoms with Crippen molar-refractivity contribution in [2.45, 2.75) is 19.8 Å². The minimum absolute atomic E-state index is 0.0224. The topological polar surface area (TPSA) is 76.6 Å². The number of aromatic hydroxyl groups is 1. The number of nitrogens with zero attached hydrogens (tertiary/aromatic N) is 2. The van der Waals surface area contributed by atoms with Gasteiger partial charge in [-0.3, -0.25) is 9.59 Å². The van der Waals surface area contributed by atoms with Crippen LogP contribution in [0.15, 0.2) is 36.5 Å². The van der Waals surface area contributed by atoms with E-state index >= 15 is 0 Å². The highest BCUT2D eigenvalue weighted by molar-refractivity contribution is 5.96. The van der Waals surface area contributed by atoms with Gasteiger partial charge in [0.15, 0.2) is 0 Å². The van der Waals surface area contributed by atoms with E-state index in [9.17, 15) is 14.7 Å². The van der Waals surface area contributed by atoms with Gasteiger partial charge in [-0.15, -0.1) is 0 Å². The molecule has 2 heterocycles. The second kappa shape index (κ2) is 7.42. The van der Waals surface area contributed by atoms with Crippen molar-refractivity contribution >= 4 is 11.8 Å². The number of phenols is 1. The Bertz CT molecular complexity index is 761. The highest BCUT2D eigenvalue weighted by Crippen LogP contribution is 2.17. The van der Waals surface area contributed by atoms with Crippen LogP contribution >= 0.6 is 0 Å². The second-order valence-corrected chi connectivity index (χ2v) is 6.25. The lowest BCUT2D eigenvalue weighted by atomic mass is 10.1. The SMILES string of the molecule is CCCc1[nH]ccc1C(=O)N1CCN(C(=O)c2cccc(O)c2)CC1. The van der Waals surface area contributed by atoms with Crippen molar-refractivity contribution in [3.05, 3.63) is 53.3 Å². The smallest absolute Gasteiger partial charge is 0.255 e. The number of H-pyrrole nitrogens is 1. The molecule has 25 heavy (non-hydrogen) atoms. The van der Waals surface area contributed by atoms with Gasteiger partial charge in [0.2, 0.25) is 0 Å². The summed E-state index contributed by atoms with van der Waals surface area (Å²) >= 11 is 0. The van der Waals surface area contributed by atoms with Crippen LogP contribution in [0.2, 0.25) is 0 Å². The van der Waals surface area contributed by atoms with Crippen LogP contribution in [-0.2, 0) is 6.42 Å². The van der Waals surface area contributed by atoms with Crippen LogP contribution in [0, 0.1) is 0 Å². The summed E-state index contributed by atoms with van der Waals surface area (Å²) in [6.45, 7) is 4.10. The van der Waals surface area contributed by atoms with Crippen LogP contribution in [0.4, 0.5) is 0 Å². The van der Waals surface area contributed by atoms with Gasteiger partial charge in [0.1, 0.15) is 5.75 Å². The molecule has 1 saturated heterocycles. The molecule has 0 unspecified atom stereocenters. The van der Waals surface area contributed by atoms with E-state index in [2.05, 4.69) is 11.9 Å². The number of aromatic nitrogens is 1. The molecule has 1 fully saturated rings. The fraction of sp³-hybridized carbons (Fsp3) is 0.368. The third-order valence-electron chi connectivity index (χ3n) is 4.51. The number of carbonyl (C=O) groups is 2. The Kier molecular flexibility index (Phi) is 5.07. The van der Waals surface area contributed by atoms with E-state index in [4.69, 9.17) is 0 Å². The molecule has 1 aliphatic rings. The summed E-state index contributed by atoms with van der Waals surface area (Å²) in [5, 5.41) is 9.52. The lowest BCUT2D eigenvalue weighted by molar-refractivity contribution is 0.0535. The molecule has 1 aromatic heterocycles. The zero-order chi connectivity index (χ0) is 17.8. The Balaban J connectivity index is 1.62. The van der Waals surface area contributed by atoms with E-state index in [0.29, 0.717) is 31.7 Å². The van der Waals surface area contributed by atoms with Crippen LogP contribution in [0.5, 0.6) is 5.75 Å². The lowest BCUT2D eigenvalue weighted by Gasteiger charge is -2.35. The average molecular weight is 341 g/mol. The van der Waals surface area contributed by atoms with E-state index in [1.165, 1.54) is 12.1 Å². The number of aryl methyl sites for hydroxylation is 1. The van der Waals surface area contributed by atoms with Crippen LogP contribution in [-0.4, -0.2) is 57.9 Å². The average Bonchev–Trinajstić information content (AvgIpc) is 3.09. The number of aromatic amines is 1. The number of benzene rings is 1. The molecule has 2 amide bonds. The van der Waals surface area contributed by atoms with Crippen molar-refractivity contribution in [3.63, 3.8) is 0 Å². The van der Waals surface area contributed by atoms with Gasteiger partial charge in [0.05, 0.1) is 5.56 Å². The Hall–Kier alpha value is -2.76. The Morgan fingerprint density at radius 1 is 1.08 bits per heavy atom. The zero-order valence-corrected chi connectivity index (χ0v) is 14.4. The molecule has 0 aliphatic carbocycles. The molecule has 0 atom stereocenters. The largest absolute Gasteiger partial charge is 0.508 e. The maximum atomic E-state index is 12.7. The quantitative estimate of drug-likeness (QED) is 0.896. The van der Waals surface area contributed by atoms with Crippen molar-refractivity contribution in [1.82, 2.24) is 14.8 Å². The van der Waals surface area contributed by atoms with E-state index in [0.717, 1.165) is 24.1 Å². The van der Waals surface area contributed by atoms with Gasteiger partial charge in [-0.05, 0) is 30.7 Å². The maximum Gasteiger partial charge on any atom is 0.255 e.